The van der Waals surface area contributed by atoms with Gasteiger partial charge in [-0.2, -0.15) is 0 Å². The number of rotatable bonds is 7. The second-order valence-electron chi connectivity index (χ2n) is 7.00. The van der Waals surface area contributed by atoms with Crippen molar-refractivity contribution in [2.24, 2.45) is 17.8 Å². The Bertz CT molecular complexity index is 380. The van der Waals surface area contributed by atoms with Crippen molar-refractivity contribution in [1.29, 1.82) is 0 Å². The van der Waals surface area contributed by atoms with Gasteiger partial charge in [0.25, 0.3) is 0 Å². The summed E-state index contributed by atoms with van der Waals surface area (Å²) in [5.74, 6) is 2.63. The van der Waals surface area contributed by atoms with Crippen molar-refractivity contribution in [2.45, 2.75) is 65.3 Å². The van der Waals surface area contributed by atoms with E-state index in [9.17, 15) is 0 Å². The van der Waals surface area contributed by atoms with Crippen LogP contribution in [0.25, 0.3) is 0 Å². The van der Waals surface area contributed by atoms with E-state index < -0.39 is 0 Å². The van der Waals surface area contributed by atoms with E-state index >= 15 is 0 Å². The maximum absolute atomic E-state index is 4.52. The fraction of sp³-hybridized carbons (Fsp3) is 0.737. The minimum Gasteiger partial charge on any atom is -0.313 e. The van der Waals surface area contributed by atoms with Crippen molar-refractivity contribution in [3.05, 3.63) is 30.1 Å². The van der Waals surface area contributed by atoms with Crippen molar-refractivity contribution in [3.63, 3.8) is 0 Å². The van der Waals surface area contributed by atoms with E-state index in [1.165, 1.54) is 37.8 Å². The molecule has 1 unspecified atom stereocenters. The van der Waals surface area contributed by atoms with Crippen molar-refractivity contribution >= 4 is 0 Å². The lowest BCUT2D eigenvalue weighted by atomic mass is 9.74. The van der Waals surface area contributed by atoms with Crippen LogP contribution in [0.4, 0.5) is 0 Å². The molecule has 1 aliphatic carbocycles. The second kappa shape index (κ2) is 8.53. The molecule has 1 saturated carbocycles. The molecule has 0 bridgehead atoms. The summed E-state index contributed by atoms with van der Waals surface area (Å²) in [6, 6.07) is 6.88. The van der Waals surface area contributed by atoms with Crippen molar-refractivity contribution in [1.82, 2.24) is 10.3 Å². The van der Waals surface area contributed by atoms with Gasteiger partial charge in [0.2, 0.25) is 0 Å². The minimum atomic E-state index is 0.605. The van der Waals surface area contributed by atoms with Crippen molar-refractivity contribution in [3.8, 4) is 0 Å². The van der Waals surface area contributed by atoms with E-state index in [2.05, 4.69) is 43.2 Å². The third kappa shape index (κ3) is 5.10. The third-order valence-electron chi connectivity index (χ3n) is 5.14. The van der Waals surface area contributed by atoms with E-state index in [4.69, 9.17) is 0 Å². The molecule has 1 fully saturated rings. The summed E-state index contributed by atoms with van der Waals surface area (Å²) in [7, 11) is 0. The van der Waals surface area contributed by atoms with Crippen LogP contribution in [0.2, 0.25) is 0 Å². The van der Waals surface area contributed by atoms with Crippen LogP contribution in [0.5, 0.6) is 0 Å². The molecule has 2 nitrogen and oxygen atoms in total. The van der Waals surface area contributed by atoms with Crippen LogP contribution >= 0.6 is 0 Å². The van der Waals surface area contributed by atoms with Gasteiger partial charge in [0.15, 0.2) is 0 Å². The summed E-state index contributed by atoms with van der Waals surface area (Å²) in [5.41, 5.74) is 1.23. The molecule has 1 atom stereocenters. The molecule has 1 N–H and O–H groups in total. The Labute approximate surface area is 130 Å². The zero-order chi connectivity index (χ0) is 15.1. The van der Waals surface area contributed by atoms with Crippen LogP contribution in [-0.2, 0) is 6.42 Å². The number of pyridine rings is 1. The lowest BCUT2D eigenvalue weighted by molar-refractivity contribution is 0.187. The topological polar surface area (TPSA) is 24.9 Å². The average Bonchev–Trinajstić information content (AvgIpc) is 2.52. The molecule has 0 amide bonds. The molecule has 0 aliphatic heterocycles. The van der Waals surface area contributed by atoms with Gasteiger partial charge in [-0.25, -0.2) is 0 Å². The SMILES string of the molecule is CCCNC(Cc1ccccn1)C1CCC(C(C)C)CC1. The van der Waals surface area contributed by atoms with Crippen LogP contribution < -0.4 is 5.32 Å². The lowest BCUT2D eigenvalue weighted by Gasteiger charge is -2.36. The van der Waals surface area contributed by atoms with Gasteiger partial charge in [-0.05, 0) is 68.5 Å². The fourth-order valence-corrected chi connectivity index (χ4v) is 3.69. The molecule has 0 aromatic carbocycles. The standard InChI is InChI=1S/C19H32N2/c1-4-12-21-19(14-18-7-5-6-13-20-18)17-10-8-16(9-11-17)15(2)3/h5-7,13,15-17,19,21H,4,8-12,14H2,1-3H3. The monoisotopic (exact) mass is 288 g/mol. The fourth-order valence-electron chi connectivity index (χ4n) is 3.69. The highest BCUT2D eigenvalue weighted by molar-refractivity contribution is 5.06. The predicted molar refractivity (Wildman–Crippen MR) is 90.3 cm³/mol. The number of nitrogens with one attached hydrogen (secondary N) is 1. The van der Waals surface area contributed by atoms with Crippen LogP contribution in [0.15, 0.2) is 24.4 Å². The molecule has 0 spiro atoms. The molecule has 2 heteroatoms. The predicted octanol–water partition coefficient (Wildman–Crippen LogP) is 4.45. The molecule has 0 radical (unpaired) electrons. The van der Waals surface area contributed by atoms with Crippen LogP contribution in [0.3, 0.4) is 0 Å². The highest BCUT2D eigenvalue weighted by Crippen LogP contribution is 2.35. The molecular weight excluding hydrogens is 256 g/mol. The summed E-state index contributed by atoms with van der Waals surface area (Å²) in [6.07, 6.45) is 9.80. The van der Waals surface area contributed by atoms with Gasteiger partial charge in [0.1, 0.15) is 0 Å². The van der Waals surface area contributed by atoms with E-state index in [-0.39, 0.29) is 0 Å². The van der Waals surface area contributed by atoms with Gasteiger partial charge >= 0.3 is 0 Å². The van der Waals surface area contributed by atoms with E-state index in [0.717, 1.165) is 30.7 Å². The molecule has 1 aromatic rings. The number of hydrogen-bond donors (Lipinski definition) is 1. The van der Waals surface area contributed by atoms with Crippen LogP contribution in [-0.4, -0.2) is 17.6 Å². The first-order chi connectivity index (χ1) is 10.2. The van der Waals surface area contributed by atoms with E-state index in [1.54, 1.807) is 0 Å². The quantitative estimate of drug-likeness (QED) is 0.801. The van der Waals surface area contributed by atoms with Gasteiger partial charge < -0.3 is 5.32 Å². The van der Waals surface area contributed by atoms with E-state index in [1.807, 2.05) is 12.3 Å². The number of nitrogens with zero attached hydrogens (tertiary/aromatic N) is 1. The minimum absolute atomic E-state index is 0.605. The first-order valence-electron chi connectivity index (χ1n) is 8.84. The van der Waals surface area contributed by atoms with Gasteiger partial charge in [0, 0.05) is 24.4 Å². The average molecular weight is 288 g/mol. The second-order valence-corrected chi connectivity index (χ2v) is 7.00. The Hall–Kier alpha value is -0.890. The molecule has 21 heavy (non-hydrogen) atoms. The number of aromatic nitrogens is 1. The van der Waals surface area contributed by atoms with Gasteiger partial charge in [-0.15, -0.1) is 0 Å². The van der Waals surface area contributed by atoms with Crippen LogP contribution in [0, 0.1) is 17.8 Å². The molecule has 1 aromatic heterocycles. The van der Waals surface area contributed by atoms with Gasteiger partial charge in [0.05, 0.1) is 0 Å². The summed E-state index contributed by atoms with van der Waals surface area (Å²) < 4.78 is 0. The highest BCUT2D eigenvalue weighted by Gasteiger charge is 2.28. The zero-order valence-corrected chi connectivity index (χ0v) is 14.0. The Morgan fingerprint density at radius 2 is 1.86 bits per heavy atom. The summed E-state index contributed by atoms with van der Waals surface area (Å²) in [5, 5.41) is 3.79. The summed E-state index contributed by atoms with van der Waals surface area (Å²) in [6.45, 7) is 8.14. The maximum atomic E-state index is 4.52. The zero-order valence-electron chi connectivity index (χ0n) is 14.0. The maximum Gasteiger partial charge on any atom is 0.0419 e. The molecule has 1 aliphatic rings. The smallest absolute Gasteiger partial charge is 0.0419 e. The summed E-state index contributed by atoms with van der Waals surface area (Å²) in [4.78, 5) is 4.52. The summed E-state index contributed by atoms with van der Waals surface area (Å²) >= 11 is 0. The normalized spacial score (nSPS) is 24.2. The molecule has 2 rings (SSSR count). The third-order valence-corrected chi connectivity index (χ3v) is 5.14. The Kier molecular flexibility index (Phi) is 6.69. The Morgan fingerprint density at radius 1 is 1.14 bits per heavy atom. The van der Waals surface area contributed by atoms with Gasteiger partial charge in [-0.1, -0.05) is 26.8 Å². The first kappa shape index (κ1) is 16.5. The molecule has 0 saturated heterocycles. The Morgan fingerprint density at radius 3 is 2.43 bits per heavy atom. The largest absolute Gasteiger partial charge is 0.313 e. The van der Waals surface area contributed by atoms with Gasteiger partial charge in [-0.3, -0.25) is 4.98 Å². The molecular formula is C19H32N2. The first-order valence-corrected chi connectivity index (χ1v) is 8.84. The molecule has 1 heterocycles. The van der Waals surface area contributed by atoms with Crippen molar-refractivity contribution in [2.75, 3.05) is 6.54 Å². The number of hydrogen-bond acceptors (Lipinski definition) is 2. The van der Waals surface area contributed by atoms with E-state index in [0.29, 0.717) is 6.04 Å². The van der Waals surface area contributed by atoms with Crippen molar-refractivity contribution < 1.29 is 0 Å². The molecule has 118 valence electrons. The van der Waals surface area contributed by atoms with Crippen LogP contribution in [0.1, 0.15) is 58.6 Å². The Balaban J connectivity index is 1.93. The highest BCUT2D eigenvalue weighted by atomic mass is 14.9. The lowest BCUT2D eigenvalue weighted by Crippen LogP contribution is -2.40.